The lowest BCUT2D eigenvalue weighted by molar-refractivity contribution is -0.137. The van der Waals surface area contributed by atoms with Gasteiger partial charge in [0.15, 0.2) is 12.4 Å². The molecule has 0 saturated carbocycles. The molecule has 6 nitrogen and oxygen atoms in total. The number of rotatable bonds is 8. The van der Waals surface area contributed by atoms with E-state index >= 15 is 0 Å². The Hall–Kier alpha value is -2.67. The van der Waals surface area contributed by atoms with Crippen LogP contribution in [0.2, 0.25) is 0 Å². The first-order valence-corrected chi connectivity index (χ1v) is 8.12. The minimum Gasteiger partial charge on any atom is -0.484 e. The molecule has 1 heterocycles. The lowest BCUT2D eigenvalue weighted by atomic mass is 10.1. The van der Waals surface area contributed by atoms with Gasteiger partial charge in [0.2, 0.25) is 0 Å². The summed E-state index contributed by atoms with van der Waals surface area (Å²) in [5, 5.41) is 13.5. The molecule has 0 aliphatic carbocycles. The highest BCUT2D eigenvalue weighted by molar-refractivity contribution is 7.10. The van der Waals surface area contributed by atoms with Crippen LogP contribution in [0.4, 0.5) is 0 Å². The van der Waals surface area contributed by atoms with E-state index in [1.807, 2.05) is 5.38 Å². The van der Waals surface area contributed by atoms with E-state index in [1.165, 1.54) is 18.3 Å². The van der Waals surface area contributed by atoms with E-state index in [2.05, 4.69) is 5.32 Å². The summed E-state index contributed by atoms with van der Waals surface area (Å²) in [5.41, 5.74) is 0.496. The first kappa shape index (κ1) is 17.7. The van der Waals surface area contributed by atoms with Crippen LogP contribution in [0.5, 0.6) is 5.75 Å². The summed E-state index contributed by atoms with van der Waals surface area (Å²) >= 11 is 1.38. The molecule has 1 aromatic carbocycles. The van der Waals surface area contributed by atoms with Gasteiger partial charge in [-0.05, 0) is 30.5 Å². The molecule has 0 aliphatic heterocycles. The van der Waals surface area contributed by atoms with Gasteiger partial charge in [-0.15, -0.1) is 11.3 Å². The molecule has 126 valence electrons. The first-order chi connectivity index (χ1) is 11.5. The van der Waals surface area contributed by atoms with Gasteiger partial charge >= 0.3 is 5.97 Å². The molecule has 0 bridgehead atoms. The third-order valence-corrected chi connectivity index (χ3v) is 4.20. The number of Topliss-reactive ketones (excluding diaryl/α,β-unsaturated/α-hetero) is 1. The van der Waals surface area contributed by atoms with Crippen molar-refractivity contribution in [2.24, 2.45) is 0 Å². The van der Waals surface area contributed by atoms with Crippen molar-refractivity contribution in [1.29, 1.82) is 0 Å². The molecule has 2 N–H and O–H groups in total. The number of amides is 1. The summed E-state index contributed by atoms with van der Waals surface area (Å²) in [6.07, 6.45) is -0.202. The van der Waals surface area contributed by atoms with E-state index in [1.54, 1.807) is 36.4 Å². The minimum absolute atomic E-state index is 0.0934. The maximum Gasteiger partial charge on any atom is 0.305 e. The fourth-order valence-electron chi connectivity index (χ4n) is 2.08. The van der Waals surface area contributed by atoms with Crippen LogP contribution in [-0.2, 0) is 9.59 Å². The molecule has 7 heteroatoms. The van der Waals surface area contributed by atoms with Crippen molar-refractivity contribution in [3.8, 4) is 5.75 Å². The number of aliphatic carboxylic acids is 1. The number of carboxylic acids is 1. The third kappa shape index (κ3) is 5.20. The number of nitrogens with one attached hydrogen (secondary N) is 1. The normalized spacial score (nSPS) is 11.5. The zero-order chi connectivity index (χ0) is 17.5. The summed E-state index contributed by atoms with van der Waals surface area (Å²) in [4.78, 5) is 35.1. The Bertz CT molecular complexity index is 726. The average molecular weight is 347 g/mol. The van der Waals surface area contributed by atoms with E-state index in [9.17, 15) is 14.4 Å². The Morgan fingerprint density at radius 2 is 2.04 bits per heavy atom. The van der Waals surface area contributed by atoms with Gasteiger partial charge < -0.3 is 15.2 Å². The second-order valence-electron chi connectivity index (χ2n) is 5.11. The van der Waals surface area contributed by atoms with Gasteiger partial charge in [-0.2, -0.15) is 0 Å². The lowest BCUT2D eigenvalue weighted by Gasteiger charge is -2.16. The fourth-order valence-corrected chi connectivity index (χ4v) is 2.85. The standard InChI is InChI=1S/C17H17NO5S/c1-11(19)12-4-2-5-13(8-12)23-10-16(20)18-14(9-17(21)22)15-6-3-7-24-15/h2-8,14H,9-10H2,1H3,(H,18,20)(H,21,22)/t14-/m1/s1. The van der Waals surface area contributed by atoms with Crippen LogP contribution in [0, 0.1) is 0 Å². The number of carboxylic acid groups (broad SMARTS) is 1. The molecule has 1 amide bonds. The molecule has 24 heavy (non-hydrogen) atoms. The summed E-state index contributed by atoms with van der Waals surface area (Å²) < 4.78 is 5.37. The summed E-state index contributed by atoms with van der Waals surface area (Å²) in [5.74, 6) is -1.11. The molecule has 0 spiro atoms. The molecule has 1 aromatic heterocycles. The maximum absolute atomic E-state index is 12.0. The number of hydrogen-bond donors (Lipinski definition) is 2. The van der Waals surface area contributed by atoms with E-state index in [0.717, 1.165) is 4.88 Å². The van der Waals surface area contributed by atoms with Crippen LogP contribution in [-0.4, -0.2) is 29.4 Å². The highest BCUT2D eigenvalue weighted by Crippen LogP contribution is 2.22. The van der Waals surface area contributed by atoms with Gasteiger partial charge in [-0.1, -0.05) is 18.2 Å². The highest BCUT2D eigenvalue weighted by Gasteiger charge is 2.19. The SMILES string of the molecule is CC(=O)c1cccc(OCC(=O)N[C@H](CC(=O)O)c2cccs2)c1. The van der Waals surface area contributed by atoms with Crippen LogP contribution in [0.25, 0.3) is 0 Å². The summed E-state index contributed by atoms with van der Waals surface area (Å²) in [7, 11) is 0. The van der Waals surface area contributed by atoms with Crippen molar-refractivity contribution in [2.75, 3.05) is 6.61 Å². The van der Waals surface area contributed by atoms with Crippen LogP contribution < -0.4 is 10.1 Å². The number of hydrogen-bond acceptors (Lipinski definition) is 5. The van der Waals surface area contributed by atoms with E-state index in [4.69, 9.17) is 9.84 Å². The fraction of sp³-hybridized carbons (Fsp3) is 0.235. The van der Waals surface area contributed by atoms with E-state index < -0.39 is 17.9 Å². The Balaban J connectivity index is 1.95. The number of ketones is 1. The molecular weight excluding hydrogens is 330 g/mol. The van der Waals surface area contributed by atoms with Gasteiger partial charge in [0, 0.05) is 10.4 Å². The number of ether oxygens (including phenoxy) is 1. The first-order valence-electron chi connectivity index (χ1n) is 7.24. The van der Waals surface area contributed by atoms with Gasteiger partial charge in [0.25, 0.3) is 5.91 Å². The molecule has 0 unspecified atom stereocenters. The molecule has 0 saturated heterocycles. The number of thiophene rings is 1. The number of carbonyl (C=O) groups excluding carboxylic acids is 2. The van der Waals surface area contributed by atoms with Crippen LogP contribution in [0.1, 0.15) is 34.6 Å². The Kier molecular flexibility index (Phi) is 6.08. The van der Waals surface area contributed by atoms with Gasteiger partial charge in [-0.3, -0.25) is 14.4 Å². The van der Waals surface area contributed by atoms with Crippen molar-refractivity contribution in [3.63, 3.8) is 0 Å². The highest BCUT2D eigenvalue weighted by atomic mass is 32.1. The van der Waals surface area contributed by atoms with Gasteiger partial charge in [0.1, 0.15) is 5.75 Å². The second-order valence-corrected chi connectivity index (χ2v) is 6.09. The summed E-state index contributed by atoms with van der Waals surface area (Å²) in [6, 6.07) is 9.51. The number of carbonyl (C=O) groups is 3. The zero-order valence-electron chi connectivity index (χ0n) is 13.0. The number of benzene rings is 1. The molecule has 0 aliphatic rings. The quantitative estimate of drug-likeness (QED) is 0.716. The molecular formula is C17H17NO5S. The second kappa shape index (κ2) is 8.26. The smallest absolute Gasteiger partial charge is 0.305 e. The Labute approximate surface area is 143 Å². The van der Waals surface area contributed by atoms with Crippen molar-refractivity contribution in [2.45, 2.75) is 19.4 Å². The van der Waals surface area contributed by atoms with Crippen molar-refractivity contribution < 1.29 is 24.2 Å². The maximum atomic E-state index is 12.0. The summed E-state index contributed by atoms with van der Waals surface area (Å²) in [6.45, 7) is 1.19. The van der Waals surface area contributed by atoms with E-state index in [0.29, 0.717) is 11.3 Å². The Morgan fingerprint density at radius 3 is 2.67 bits per heavy atom. The third-order valence-electron chi connectivity index (χ3n) is 3.21. The van der Waals surface area contributed by atoms with Gasteiger partial charge in [0.05, 0.1) is 12.5 Å². The molecule has 2 aromatic rings. The average Bonchev–Trinajstić information content (AvgIpc) is 3.06. The molecule has 1 atom stereocenters. The minimum atomic E-state index is -0.997. The largest absolute Gasteiger partial charge is 0.484 e. The van der Waals surface area contributed by atoms with E-state index in [-0.39, 0.29) is 18.8 Å². The molecule has 2 rings (SSSR count). The van der Waals surface area contributed by atoms with Crippen molar-refractivity contribution in [3.05, 3.63) is 52.2 Å². The predicted octanol–water partition coefficient (Wildman–Crippen LogP) is 2.66. The predicted molar refractivity (Wildman–Crippen MR) is 89.4 cm³/mol. The topological polar surface area (TPSA) is 92.7 Å². The molecule has 0 radical (unpaired) electrons. The van der Waals surface area contributed by atoms with Crippen molar-refractivity contribution in [1.82, 2.24) is 5.32 Å². The molecule has 0 fully saturated rings. The lowest BCUT2D eigenvalue weighted by Crippen LogP contribution is -2.33. The Morgan fingerprint density at radius 1 is 1.25 bits per heavy atom. The van der Waals surface area contributed by atoms with Crippen molar-refractivity contribution >= 4 is 29.0 Å². The van der Waals surface area contributed by atoms with Crippen LogP contribution >= 0.6 is 11.3 Å². The van der Waals surface area contributed by atoms with Crippen LogP contribution in [0.3, 0.4) is 0 Å². The van der Waals surface area contributed by atoms with Gasteiger partial charge in [-0.25, -0.2) is 0 Å². The zero-order valence-corrected chi connectivity index (χ0v) is 13.8. The monoisotopic (exact) mass is 347 g/mol. The van der Waals surface area contributed by atoms with Crippen LogP contribution in [0.15, 0.2) is 41.8 Å².